The molecule has 1 amide bonds. The van der Waals surface area contributed by atoms with Crippen molar-refractivity contribution in [3.05, 3.63) is 69.3 Å². The average Bonchev–Trinajstić information content (AvgIpc) is 2.71. The molecule has 1 heterocycles. The predicted octanol–water partition coefficient (Wildman–Crippen LogP) is 4.33. The second kappa shape index (κ2) is 9.11. The summed E-state index contributed by atoms with van der Waals surface area (Å²) in [7, 11) is 1.32. The molecule has 1 N–H and O–H groups in total. The van der Waals surface area contributed by atoms with E-state index in [0.717, 1.165) is 11.3 Å². The maximum atomic E-state index is 12.2. The maximum Gasteiger partial charge on any atom is 0.337 e. The van der Waals surface area contributed by atoms with Gasteiger partial charge in [0.05, 0.1) is 22.7 Å². The van der Waals surface area contributed by atoms with Crippen LogP contribution in [0.15, 0.2) is 42.5 Å². The number of benzene rings is 2. The van der Waals surface area contributed by atoms with Crippen LogP contribution in [0.1, 0.15) is 21.6 Å². The van der Waals surface area contributed by atoms with Crippen molar-refractivity contribution in [3.63, 3.8) is 0 Å². The summed E-state index contributed by atoms with van der Waals surface area (Å²) in [5.74, 6) is -0.425. The molecule has 0 saturated carbocycles. The molecule has 1 aromatic heterocycles. The number of hydrogen-bond acceptors (Lipinski definition) is 5. The second-order valence-corrected chi connectivity index (χ2v) is 7.09. The molecule has 0 spiro atoms. The number of aromatic nitrogens is 1. The van der Waals surface area contributed by atoms with Crippen LogP contribution >= 0.6 is 23.2 Å². The van der Waals surface area contributed by atoms with E-state index in [0.29, 0.717) is 27.2 Å². The molecule has 150 valence electrons. The fourth-order valence-electron chi connectivity index (χ4n) is 2.69. The Morgan fingerprint density at radius 3 is 2.48 bits per heavy atom. The molecule has 0 aliphatic carbocycles. The van der Waals surface area contributed by atoms with Gasteiger partial charge in [0, 0.05) is 17.6 Å². The number of hydrogen-bond donors (Lipinski definition) is 1. The number of pyridine rings is 1. The van der Waals surface area contributed by atoms with Crippen LogP contribution in [0.2, 0.25) is 10.0 Å². The normalized spacial score (nSPS) is 10.6. The third-order valence-corrected chi connectivity index (χ3v) is 4.78. The highest BCUT2D eigenvalue weighted by atomic mass is 35.5. The molecular weight excluding hydrogens is 415 g/mol. The van der Waals surface area contributed by atoms with Crippen molar-refractivity contribution in [2.24, 2.45) is 0 Å². The number of amides is 1. The number of nitrogens with one attached hydrogen (secondary N) is 1. The van der Waals surface area contributed by atoms with Gasteiger partial charge in [0.25, 0.3) is 5.91 Å². The summed E-state index contributed by atoms with van der Waals surface area (Å²) in [5, 5.41) is 4.20. The Morgan fingerprint density at radius 1 is 1.07 bits per heavy atom. The molecule has 0 bridgehead atoms. The first-order chi connectivity index (χ1) is 13.9. The first-order valence-corrected chi connectivity index (χ1v) is 9.46. The molecule has 0 unspecified atom stereocenters. The summed E-state index contributed by atoms with van der Waals surface area (Å²) in [6.07, 6.45) is 0. The monoisotopic (exact) mass is 432 g/mol. The van der Waals surface area contributed by atoms with E-state index in [2.05, 4.69) is 15.0 Å². The first-order valence-electron chi connectivity index (χ1n) is 8.71. The molecule has 3 rings (SSSR count). The number of carbonyl (C=O) groups is 2. The molecule has 0 atom stereocenters. The number of carbonyl (C=O) groups excluding carboxylic acids is 2. The number of esters is 1. The molecule has 0 fully saturated rings. The summed E-state index contributed by atoms with van der Waals surface area (Å²) in [6.45, 7) is 1.90. The lowest BCUT2D eigenvalue weighted by atomic mass is 10.1. The summed E-state index contributed by atoms with van der Waals surface area (Å²) < 4.78 is 10.3. The van der Waals surface area contributed by atoms with Gasteiger partial charge in [-0.1, -0.05) is 35.3 Å². The van der Waals surface area contributed by atoms with Gasteiger partial charge in [0.2, 0.25) is 0 Å². The van der Waals surface area contributed by atoms with Crippen LogP contribution in [0.25, 0.3) is 10.9 Å². The minimum absolute atomic E-state index is 0.230. The van der Waals surface area contributed by atoms with Gasteiger partial charge in [0.15, 0.2) is 12.4 Å². The molecule has 0 aliphatic rings. The van der Waals surface area contributed by atoms with Crippen molar-refractivity contribution in [2.45, 2.75) is 13.5 Å². The fraction of sp³-hybridized carbons (Fsp3) is 0.190. The van der Waals surface area contributed by atoms with Gasteiger partial charge < -0.3 is 14.8 Å². The molecule has 29 heavy (non-hydrogen) atoms. The fourth-order valence-corrected chi connectivity index (χ4v) is 3.26. The SMILES string of the molecule is COC(=O)c1ccc(CNC(=O)COc2c(Cl)cc(Cl)c3ccc(C)nc23)cc1. The molecule has 6 nitrogen and oxygen atoms in total. The molecule has 0 saturated heterocycles. The Hall–Kier alpha value is -2.83. The number of ether oxygens (including phenoxy) is 2. The first kappa shape index (κ1) is 20.9. The summed E-state index contributed by atoms with van der Waals surface area (Å²) in [4.78, 5) is 28.1. The number of aryl methyl sites for hydroxylation is 1. The van der Waals surface area contributed by atoms with Gasteiger partial charge in [-0.2, -0.15) is 0 Å². The predicted molar refractivity (Wildman–Crippen MR) is 112 cm³/mol. The van der Waals surface area contributed by atoms with E-state index < -0.39 is 5.97 Å². The lowest BCUT2D eigenvalue weighted by Crippen LogP contribution is -2.28. The van der Waals surface area contributed by atoms with Crippen molar-refractivity contribution in [3.8, 4) is 5.75 Å². The maximum absolute atomic E-state index is 12.2. The number of methoxy groups -OCH3 is 1. The Labute approximate surface area is 177 Å². The second-order valence-electron chi connectivity index (χ2n) is 6.27. The van der Waals surface area contributed by atoms with E-state index in [4.69, 9.17) is 27.9 Å². The molecule has 0 radical (unpaired) electrons. The number of fused-ring (bicyclic) bond motifs is 1. The highest BCUT2D eigenvalue weighted by Gasteiger charge is 2.15. The van der Waals surface area contributed by atoms with Crippen molar-refractivity contribution < 1.29 is 19.1 Å². The highest BCUT2D eigenvalue weighted by Crippen LogP contribution is 2.37. The largest absolute Gasteiger partial charge is 0.480 e. The van der Waals surface area contributed by atoms with Crippen LogP contribution in [-0.4, -0.2) is 30.6 Å². The van der Waals surface area contributed by atoms with Gasteiger partial charge in [-0.25, -0.2) is 9.78 Å². The van der Waals surface area contributed by atoms with Crippen LogP contribution in [0, 0.1) is 6.92 Å². The van der Waals surface area contributed by atoms with Gasteiger partial charge in [0.1, 0.15) is 5.52 Å². The van der Waals surface area contributed by atoms with Crippen LogP contribution in [0.3, 0.4) is 0 Å². The zero-order chi connectivity index (χ0) is 21.0. The zero-order valence-electron chi connectivity index (χ0n) is 15.8. The molecule has 3 aromatic rings. The van der Waals surface area contributed by atoms with Gasteiger partial charge in [-0.05, 0) is 42.8 Å². The number of halogens is 2. The lowest BCUT2D eigenvalue weighted by Gasteiger charge is -2.12. The van der Waals surface area contributed by atoms with E-state index >= 15 is 0 Å². The summed E-state index contributed by atoms with van der Waals surface area (Å²) in [5.41, 5.74) is 2.56. The van der Waals surface area contributed by atoms with Gasteiger partial charge in [-0.3, -0.25) is 4.79 Å². The minimum Gasteiger partial charge on any atom is -0.480 e. The zero-order valence-corrected chi connectivity index (χ0v) is 17.3. The van der Waals surface area contributed by atoms with Gasteiger partial charge in [-0.15, -0.1) is 0 Å². The molecule has 2 aromatic carbocycles. The minimum atomic E-state index is -0.412. The molecular formula is C21H18Cl2N2O4. The van der Waals surface area contributed by atoms with Crippen LogP contribution in [0.4, 0.5) is 0 Å². The van der Waals surface area contributed by atoms with Crippen molar-refractivity contribution in [1.82, 2.24) is 10.3 Å². The van der Waals surface area contributed by atoms with Crippen molar-refractivity contribution in [2.75, 3.05) is 13.7 Å². The topological polar surface area (TPSA) is 77.5 Å². The van der Waals surface area contributed by atoms with Crippen molar-refractivity contribution in [1.29, 1.82) is 0 Å². The Morgan fingerprint density at radius 2 is 1.79 bits per heavy atom. The Balaban J connectivity index is 1.64. The Kier molecular flexibility index (Phi) is 6.56. The molecule has 0 aliphatic heterocycles. The van der Waals surface area contributed by atoms with Gasteiger partial charge >= 0.3 is 5.97 Å². The standard InChI is InChI=1S/C21H18Cl2N2O4/c1-12-3-8-15-16(22)9-17(23)20(19(15)25-12)29-11-18(26)24-10-13-4-6-14(7-5-13)21(27)28-2/h3-9H,10-11H2,1-2H3,(H,24,26). The average molecular weight is 433 g/mol. The number of rotatable bonds is 6. The van der Waals surface area contributed by atoms with Crippen LogP contribution in [-0.2, 0) is 16.1 Å². The van der Waals surface area contributed by atoms with Crippen LogP contribution in [0.5, 0.6) is 5.75 Å². The lowest BCUT2D eigenvalue weighted by molar-refractivity contribution is -0.123. The third-order valence-electron chi connectivity index (χ3n) is 4.19. The van der Waals surface area contributed by atoms with E-state index in [1.165, 1.54) is 7.11 Å². The quantitative estimate of drug-likeness (QED) is 0.586. The molecule has 8 heteroatoms. The van der Waals surface area contributed by atoms with E-state index in [9.17, 15) is 9.59 Å². The summed E-state index contributed by atoms with van der Waals surface area (Å²) >= 11 is 12.5. The van der Waals surface area contributed by atoms with Crippen molar-refractivity contribution >= 4 is 46.0 Å². The van der Waals surface area contributed by atoms with Crippen LogP contribution < -0.4 is 10.1 Å². The Bertz CT molecular complexity index is 1070. The highest BCUT2D eigenvalue weighted by molar-refractivity contribution is 6.39. The van der Waals surface area contributed by atoms with E-state index in [-0.39, 0.29) is 24.1 Å². The smallest absolute Gasteiger partial charge is 0.337 e. The summed E-state index contributed by atoms with van der Waals surface area (Å²) in [6, 6.07) is 12.0. The third kappa shape index (κ3) is 4.96. The van der Waals surface area contributed by atoms with E-state index in [1.54, 1.807) is 30.3 Å². The van der Waals surface area contributed by atoms with E-state index in [1.807, 2.05) is 19.1 Å². The number of nitrogens with zero attached hydrogens (tertiary/aromatic N) is 1.